The van der Waals surface area contributed by atoms with E-state index in [0.29, 0.717) is 12.0 Å². The van der Waals surface area contributed by atoms with Gasteiger partial charge >= 0.3 is 0 Å². The first-order chi connectivity index (χ1) is 13.8. The van der Waals surface area contributed by atoms with E-state index in [0.717, 1.165) is 0 Å². The molecule has 0 unspecified atom stereocenters. The van der Waals surface area contributed by atoms with E-state index in [-0.39, 0.29) is 22.3 Å². The number of benzene rings is 1. The highest BCUT2D eigenvalue weighted by atomic mass is 32.2. The van der Waals surface area contributed by atoms with Gasteiger partial charge in [-0.05, 0) is 30.2 Å². The Kier molecular flexibility index (Phi) is 5.92. The van der Waals surface area contributed by atoms with Crippen LogP contribution in [0.1, 0.15) is 36.3 Å². The molecule has 1 aliphatic heterocycles. The Bertz CT molecular complexity index is 1050. The number of nitrogens with one attached hydrogen (secondary N) is 3. The largest absolute Gasteiger partial charge is 0.288 e. The van der Waals surface area contributed by atoms with Crippen molar-refractivity contribution in [2.75, 3.05) is 0 Å². The molecule has 2 heterocycles. The number of sulfonamides is 1. The summed E-state index contributed by atoms with van der Waals surface area (Å²) in [5, 5.41) is 0. The quantitative estimate of drug-likeness (QED) is 0.627. The number of aliphatic imine (C=N–C) groups is 1. The minimum atomic E-state index is -3.71. The number of pyridine rings is 1. The van der Waals surface area contributed by atoms with Crippen LogP contribution in [0.2, 0.25) is 0 Å². The summed E-state index contributed by atoms with van der Waals surface area (Å²) in [7, 11) is -3.71. The molecule has 2 aromatic rings. The van der Waals surface area contributed by atoms with Gasteiger partial charge in [-0.2, -0.15) is 0 Å². The number of rotatable bonds is 5. The standard InChI is InChI=1S/C19H21N5O4S/c1-3-12(2)16(19(26)23-22-18(25)14-9-6-7-11-20-14)21-17-13-8-4-5-10-15(13)29(27,28)24-17/h4-12,16H,3H2,1-2H3,(H,21,24)(H,22,25)(H,23,26)/t12-,16-/m0/s1. The van der Waals surface area contributed by atoms with Gasteiger partial charge in [0.1, 0.15) is 17.6 Å². The van der Waals surface area contributed by atoms with Crippen LogP contribution in [-0.2, 0) is 14.8 Å². The molecule has 0 fully saturated rings. The van der Waals surface area contributed by atoms with Crippen molar-refractivity contribution < 1.29 is 18.0 Å². The zero-order valence-corrected chi connectivity index (χ0v) is 16.7. The summed E-state index contributed by atoms with van der Waals surface area (Å²) in [5.41, 5.74) is 5.22. The summed E-state index contributed by atoms with van der Waals surface area (Å²) in [6.45, 7) is 3.72. The maximum atomic E-state index is 12.7. The molecule has 0 radical (unpaired) electrons. The van der Waals surface area contributed by atoms with Crippen molar-refractivity contribution in [3.8, 4) is 0 Å². The lowest BCUT2D eigenvalue weighted by molar-refractivity contribution is -0.124. The molecule has 152 valence electrons. The first-order valence-electron chi connectivity index (χ1n) is 9.04. The van der Waals surface area contributed by atoms with Crippen molar-refractivity contribution in [1.82, 2.24) is 20.6 Å². The van der Waals surface area contributed by atoms with Gasteiger partial charge in [0.05, 0.1) is 4.90 Å². The van der Waals surface area contributed by atoms with Crippen LogP contribution in [0.5, 0.6) is 0 Å². The highest BCUT2D eigenvalue weighted by molar-refractivity contribution is 7.90. The van der Waals surface area contributed by atoms with Crippen LogP contribution in [0.15, 0.2) is 58.5 Å². The lowest BCUT2D eigenvalue weighted by atomic mass is 9.99. The maximum absolute atomic E-state index is 12.7. The normalized spacial score (nSPS) is 17.7. The van der Waals surface area contributed by atoms with Crippen molar-refractivity contribution >= 4 is 27.7 Å². The van der Waals surface area contributed by atoms with Crippen LogP contribution in [0.4, 0.5) is 0 Å². The fourth-order valence-corrected chi connectivity index (χ4v) is 4.03. The topological polar surface area (TPSA) is 130 Å². The first-order valence-corrected chi connectivity index (χ1v) is 10.5. The van der Waals surface area contributed by atoms with E-state index >= 15 is 0 Å². The number of aromatic nitrogens is 1. The van der Waals surface area contributed by atoms with Crippen molar-refractivity contribution in [2.45, 2.75) is 31.2 Å². The number of fused-ring (bicyclic) bond motifs is 1. The van der Waals surface area contributed by atoms with Gasteiger partial charge in [-0.15, -0.1) is 0 Å². The number of amides is 2. The van der Waals surface area contributed by atoms with Crippen LogP contribution in [-0.4, -0.2) is 37.1 Å². The predicted octanol–water partition coefficient (Wildman–Crippen LogP) is 0.996. The summed E-state index contributed by atoms with van der Waals surface area (Å²) in [4.78, 5) is 33.2. The number of amidine groups is 1. The van der Waals surface area contributed by atoms with Crippen LogP contribution >= 0.6 is 0 Å². The second-order valence-electron chi connectivity index (χ2n) is 6.57. The molecule has 9 nitrogen and oxygen atoms in total. The van der Waals surface area contributed by atoms with Crippen molar-refractivity contribution in [3.63, 3.8) is 0 Å². The Balaban J connectivity index is 1.81. The molecule has 29 heavy (non-hydrogen) atoms. The number of hydrazine groups is 1. The fraction of sp³-hybridized carbons (Fsp3) is 0.263. The Labute approximate surface area is 168 Å². The molecular weight excluding hydrogens is 394 g/mol. The third-order valence-electron chi connectivity index (χ3n) is 4.58. The van der Waals surface area contributed by atoms with Crippen LogP contribution < -0.4 is 15.6 Å². The third-order valence-corrected chi connectivity index (χ3v) is 5.98. The summed E-state index contributed by atoms with van der Waals surface area (Å²) < 4.78 is 26.9. The van der Waals surface area contributed by atoms with E-state index in [4.69, 9.17) is 0 Å². The summed E-state index contributed by atoms with van der Waals surface area (Å²) in [6.07, 6.45) is 2.09. The lowest BCUT2D eigenvalue weighted by Crippen LogP contribution is -2.48. The van der Waals surface area contributed by atoms with Gasteiger partial charge in [0.15, 0.2) is 0 Å². The van der Waals surface area contributed by atoms with E-state index in [1.807, 2.05) is 13.8 Å². The Morgan fingerprint density at radius 1 is 1.14 bits per heavy atom. The van der Waals surface area contributed by atoms with Crippen molar-refractivity contribution in [1.29, 1.82) is 0 Å². The number of hydrogen-bond donors (Lipinski definition) is 3. The van der Waals surface area contributed by atoms with Crippen LogP contribution in [0, 0.1) is 5.92 Å². The molecule has 0 aliphatic carbocycles. The number of carbonyl (C=O) groups is 2. The molecule has 1 aromatic carbocycles. The Morgan fingerprint density at radius 3 is 2.55 bits per heavy atom. The minimum absolute atomic E-state index is 0.108. The zero-order chi connectivity index (χ0) is 21.0. The average molecular weight is 415 g/mol. The molecule has 10 heteroatoms. The molecule has 0 saturated heterocycles. The maximum Gasteiger partial charge on any atom is 0.288 e. The monoisotopic (exact) mass is 415 g/mol. The molecule has 2 amide bonds. The van der Waals surface area contributed by atoms with E-state index in [2.05, 4.69) is 25.6 Å². The summed E-state index contributed by atoms with van der Waals surface area (Å²) in [5.74, 6) is -1.22. The molecule has 2 atom stereocenters. The molecule has 3 N–H and O–H groups in total. The predicted molar refractivity (Wildman–Crippen MR) is 106 cm³/mol. The van der Waals surface area contributed by atoms with Crippen molar-refractivity contribution in [3.05, 3.63) is 59.9 Å². The molecular formula is C19H21N5O4S. The van der Waals surface area contributed by atoms with Crippen molar-refractivity contribution in [2.24, 2.45) is 10.9 Å². The Morgan fingerprint density at radius 2 is 1.86 bits per heavy atom. The second kappa shape index (κ2) is 8.39. The lowest BCUT2D eigenvalue weighted by Gasteiger charge is -2.19. The molecule has 1 aromatic heterocycles. The summed E-state index contributed by atoms with van der Waals surface area (Å²) in [6, 6.07) is 10.3. The molecule has 3 rings (SSSR count). The third kappa shape index (κ3) is 4.43. The number of carbonyl (C=O) groups excluding carboxylic acids is 2. The molecule has 0 saturated carbocycles. The van der Waals surface area contributed by atoms with Gasteiger partial charge in [0.25, 0.3) is 21.8 Å². The smallest absolute Gasteiger partial charge is 0.271 e. The van der Waals surface area contributed by atoms with Gasteiger partial charge in [0.2, 0.25) is 0 Å². The minimum Gasteiger partial charge on any atom is -0.271 e. The second-order valence-corrected chi connectivity index (χ2v) is 8.22. The summed E-state index contributed by atoms with van der Waals surface area (Å²) >= 11 is 0. The van der Waals surface area contributed by atoms with Gasteiger partial charge in [-0.1, -0.05) is 38.5 Å². The Hall–Kier alpha value is -3.27. The highest BCUT2D eigenvalue weighted by Crippen LogP contribution is 2.23. The van der Waals surface area contributed by atoms with Gasteiger partial charge in [0, 0.05) is 11.8 Å². The van der Waals surface area contributed by atoms with E-state index in [9.17, 15) is 18.0 Å². The zero-order valence-electron chi connectivity index (χ0n) is 15.9. The van der Waals surface area contributed by atoms with Crippen LogP contribution in [0.25, 0.3) is 0 Å². The highest BCUT2D eigenvalue weighted by Gasteiger charge is 2.33. The van der Waals surface area contributed by atoms with Gasteiger partial charge in [-0.3, -0.25) is 35.1 Å². The molecule has 1 aliphatic rings. The van der Waals surface area contributed by atoms with E-state index < -0.39 is 27.9 Å². The van der Waals surface area contributed by atoms with E-state index in [1.165, 1.54) is 18.3 Å². The van der Waals surface area contributed by atoms with Gasteiger partial charge < -0.3 is 0 Å². The van der Waals surface area contributed by atoms with Gasteiger partial charge in [-0.25, -0.2) is 8.42 Å². The van der Waals surface area contributed by atoms with E-state index in [1.54, 1.807) is 30.3 Å². The SMILES string of the molecule is CC[C@H](C)[C@H](N=C1NS(=O)(=O)c2ccccc21)C(=O)NNC(=O)c1ccccn1. The fourth-order valence-electron chi connectivity index (χ4n) is 2.79. The molecule has 0 bridgehead atoms. The number of nitrogens with zero attached hydrogens (tertiary/aromatic N) is 2. The first kappa shape index (κ1) is 20.5. The molecule has 0 spiro atoms. The average Bonchev–Trinajstić information content (AvgIpc) is 3.00. The number of hydrogen-bond acceptors (Lipinski definition) is 6. The van der Waals surface area contributed by atoms with Crippen LogP contribution in [0.3, 0.4) is 0 Å².